The third kappa shape index (κ3) is 1.89. The van der Waals surface area contributed by atoms with Crippen molar-refractivity contribution in [3.05, 3.63) is 29.8 Å². The van der Waals surface area contributed by atoms with Crippen LogP contribution in [0.5, 0.6) is 5.75 Å². The number of piperidine rings is 1. The fraction of sp³-hybridized carbons (Fsp3) is 0.462. The van der Waals surface area contributed by atoms with Gasteiger partial charge in [0.1, 0.15) is 5.75 Å². The van der Waals surface area contributed by atoms with Crippen LogP contribution in [0.25, 0.3) is 0 Å². The van der Waals surface area contributed by atoms with Crippen LogP contribution in [0.2, 0.25) is 0 Å². The van der Waals surface area contributed by atoms with Crippen LogP contribution in [0.1, 0.15) is 18.0 Å². The maximum atomic E-state index is 5.18. The Morgan fingerprint density at radius 1 is 1.29 bits per heavy atom. The predicted octanol–water partition coefficient (Wildman–Crippen LogP) is 1.30. The number of nitrogens with one attached hydrogen (secondary N) is 2. The minimum atomic E-state index is 0.309. The Morgan fingerprint density at radius 2 is 2.12 bits per heavy atom. The molecule has 4 nitrogen and oxygen atoms in total. The van der Waals surface area contributed by atoms with Gasteiger partial charge in [-0.3, -0.25) is 0 Å². The molecule has 2 aliphatic heterocycles. The molecule has 2 heterocycles. The summed E-state index contributed by atoms with van der Waals surface area (Å²) in [5.74, 6) is 1.40. The van der Waals surface area contributed by atoms with Crippen LogP contribution in [-0.4, -0.2) is 25.9 Å². The molecule has 0 aliphatic carbocycles. The number of hydrazone groups is 1. The highest BCUT2D eigenvalue weighted by Crippen LogP contribution is 2.30. The monoisotopic (exact) mass is 231 g/mol. The van der Waals surface area contributed by atoms with Gasteiger partial charge in [0.25, 0.3) is 0 Å². The molecule has 2 unspecified atom stereocenters. The highest BCUT2D eigenvalue weighted by atomic mass is 16.5. The second-order valence-electron chi connectivity index (χ2n) is 4.54. The molecular weight excluding hydrogens is 214 g/mol. The lowest BCUT2D eigenvalue weighted by atomic mass is 9.87. The van der Waals surface area contributed by atoms with Gasteiger partial charge >= 0.3 is 0 Å². The number of benzene rings is 1. The van der Waals surface area contributed by atoms with Gasteiger partial charge in [0.05, 0.1) is 13.2 Å². The van der Waals surface area contributed by atoms with Gasteiger partial charge in [-0.2, -0.15) is 5.10 Å². The van der Waals surface area contributed by atoms with Crippen molar-refractivity contribution in [3.63, 3.8) is 0 Å². The van der Waals surface area contributed by atoms with E-state index in [0.29, 0.717) is 12.0 Å². The average molecular weight is 231 g/mol. The third-order valence-electron chi connectivity index (χ3n) is 3.57. The number of nitrogens with zero attached hydrogens (tertiary/aromatic N) is 1. The van der Waals surface area contributed by atoms with Crippen LogP contribution in [0.3, 0.4) is 0 Å². The van der Waals surface area contributed by atoms with Gasteiger partial charge in [0, 0.05) is 31.1 Å². The van der Waals surface area contributed by atoms with E-state index in [1.807, 2.05) is 12.1 Å². The van der Waals surface area contributed by atoms with E-state index in [-0.39, 0.29) is 0 Å². The zero-order chi connectivity index (χ0) is 11.7. The summed E-state index contributed by atoms with van der Waals surface area (Å²) >= 11 is 0. The summed E-state index contributed by atoms with van der Waals surface area (Å²) in [6, 6.07) is 8.55. The molecule has 2 N–H and O–H groups in total. The Balaban J connectivity index is 1.80. The van der Waals surface area contributed by atoms with Gasteiger partial charge in [-0.1, -0.05) is 12.1 Å². The number of methoxy groups -OCH3 is 1. The minimum absolute atomic E-state index is 0.309. The standard InChI is InChI=1S/C13H17N3O/c1-17-10-4-2-9(3-5-10)13-11-8-14-7-6-12(11)15-16-13/h2-5,11,13-14,16H,6-8H2,1H3. The highest BCUT2D eigenvalue weighted by molar-refractivity contribution is 5.89. The van der Waals surface area contributed by atoms with Crippen molar-refractivity contribution in [2.45, 2.75) is 12.5 Å². The molecule has 4 heteroatoms. The molecule has 2 aliphatic rings. The van der Waals surface area contributed by atoms with Crippen molar-refractivity contribution in [2.24, 2.45) is 11.0 Å². The van der Waals surface area contributed by atoms with E-state index < -0.39 is 0 Å². The van der Waals surface area contributed by atoms with E-state index in [9.17, 15) is 0 Å². The Bertz CT molecular complexity index is 427. The number of rotatable bonds is 2. The van der Waals surface area contributed by atoms with E-state index in [1.165, 1.54) is 11.3 Å². The Hall–Kier alpha value is -1.55. The van der Waals surface area contributed by atoms with Gasteiger partial charge < -0.3 is 15.5 Å². The average Bonchev–Trinajstić information content (AvgIpc) is 2.83. The van der Waals surface area contributed by atoms with Crippen molar-refractivity contribution >= 4 is 5.71 Å². The lowest BCUT2D eigenvalue weighted by Crippen LogP contribution is -2.38. The fourth-order valence-corrected chi connectivity index (χ4v) is 2.59. The summed E-state index contributed by atoms with van der Waals surface area (Å²) in [6.07, 6.45) is 1.06. The van der Waals surface area contributed by atoms with E-state index >= 15 is 0 Å². The van der Waals surface area contributed by atoms with Crippen LogP contribution in [0.4, 0.5) is 0 Å². The maximum Gasteiger partial charge on any atom is 0.118 e. The largest absolute Gasteiger partial charge is 0.497 e. The fourth-order valence-electron chi connectivity index (χ4n) is 2.59. The summed E-state index contributed by atoms with van der Waals surface area (Å²) in [7, 11) is 1.69. The second kappa shape index (κ2) is 4.37. The third-order valence-corrected chi connectivity index (χ3v) is 3.57. The molecule has 1 aromatic rings. The molecule has 0 amide bonds. The van der Waals surface area contributed by atoms with Crippen LogP contribution < -0.4 is 15.5 Å². The van der Waals surface area contributed by atoms with Crippen molar-refractivity contribution in [1.29, 1.82) is 0 Å². The number of ether oxygens (including phenoxy) is 1. The lowest BCUT2D eigenvalue weighted by Gasteiger charge is -2.25. The first-order valence-corrected chi connectivity index (χ1v) is 6.05. The SMILES string of the molecule is COc1ccc(C2NN=C3CCNCC32)cc1. The Morgan fingerprint density at radius 3 is 2.88 bits per heavy atom. The van der Waals surface area contributed by atoms with Crippen molar-refractivity contribution in [1.82, 2.24) is 10.7 Å². The van der Waals surface area contributed by atoms with E-state index in [1.54, 1.807) is 7.11 Å². The molecule has 3 rings (SSSR count). The van der Waals surface area contributed by atoms with E-state index in [2.05, 4.69) is 28.0 Å². The quantitative estimate of drug-likeness (QED) is 0.806. The smallest absolute Gasteiger partial charge is 0.118 e. The van der Waals surface area contributed by atoms with Crippen molar-refractivity contribution in [2.75, 3.05) is 20.2 Å². The van der Waals surface area contributed by atoms with Crippen molar-refractivity contribution in [3.8, 4) is 5.75 Å². The second-order valence-corrected chi connectivity index (χ2v) is 4.54. The predicted molar refractivity (Wildman–Crippen MR) is 67.3 cm³/mol. The summed E-state index contributed by atoms with van der Waals surface area (Å²) in [6.45, 7) is 2.06. The van der Waals surface area contributed by atoms with Crippen molar-refractivity contribution < 1.29 is 4.74 Å². The molecule has 1 saturated heterocycles. The minimum Gasteiger partial charge on any atom is -0.497 e. The zero-order valence-electron chi connectivity index (χ0n) is 9.94. The van der Waals surface area contributed by atoms with Crippen LogP contribution in [-0.2, 0) is 0 Å². The molecule has 0 saturated carbocycles. The summed E-state index contributed by atoms with van der Waals surface area (Å²) in [5, 5.41) is 7.89. The molecule has 17 heavy (non-hydrogen) atoms. The highest BCUT2D eigenvalue weighted by Gasteiger charge is 2.33. The van der Waals surface area contributed by atoms with Crippen LogP contribution in [0, 0.1) is 5.92 Å². The van der Waals surface area contributed by atoms with Crippen LogP contribution in [0.15, 0.2) is 29.4 Å². The topological polar surface area (TPSA) is 45.6 Å². The first-order valence-electron chi connectivity index (χ1n) is 6.05. The van der Waals surface area contributed by atoms with Gasteiger partial charge in [-0.25, -0.2) is 0 Å². The molecule has 1 fully saturated rings. The normalized spacial score (nSPS) is 27.0. The molecule has 1 aromatic carbocycles. The molecule has 0 radical (unpaired) electrons. The van der Waals surface area contributed by atoms with Crippen LogP contribution >= 0.6 is 0 Å². The van der Waals surface area contributed by atoms with Gasteiger partial charge in [0.2, 0.25) is 0 Å². The molecular formula is C13H17N3O. The molecule has 0 aromatic heterocycles. The number of hydrogen-bond acceptors (Lipinski definition) is 4. The first-order chi connectivity index (χ1) is 8.38. The van der Waals surface area contributed by atoms with Gasteiger partial charge in [-0.05, 0) is 17.7 Å². The maximum absolute atomic E-state index is 5.18. The molecule has 0 spiro atoms. The lowest BCUT2D eigenvalue weighted by molar-refractivity contribution is 0.413. The van der Waals surface area contributed by atoms with E-state index in [4.69, 9.17) is 4.74 Å². The van der Waals surface area contributed by atoms with Gasteiger partial charge in [0.15, 0.2) is 0 Å². The Kier molecular flexibility index (Phi) is 2.73. The summed E-state index contributed by atoms with van der Waals surface area (Å²) in [5.41, 5.74) is 5.85. The molecule has 2 atom stereocenters. The molecule has 90 valence electrons. The van der Waals surface area contributed by atoms with E-state index in [0.717, 1.165) is 25.3 Å². The summed E-state index contributed by atoms with van der Waals surface area (Å²) < 4.78 is 5.18. The Labute approximate surface area is 101 Å². The van der Waals surface area contributed by atoms with Gasteiger partial charge in [-0.15, -0.1) is 0 Å². The number of hydrogen-bond donors (Lipinski definition) is 2. The zero-order valence-corrected chi connectivity index (χ0v) is 9.94. The number of fused-ring (bicyclic) bond motifs is 1. The first kappa shape index (κ1) is 10.6. The molecule has 0 bridgehead atoms. The summed E-state index contributed by atoms with van der Waals surface area (Å²) in [4.78, 5) is 0.